The van der Waals surface area contributed by atoms with Crippen LogP contribution in [0.2, 0.25) is 0 Å². The van der Waals surface area contributed by atoms with Gasteiger partial charge >= 0.3 is 11.9 Å². The lowest BCUT2D eigenvalue weighted by molar-refractivity contribution is -0.139. The number of halogens is 1. The zero-order valence-electron chi connectivity index (χ0n) is 13.3. The molecule has 5 nitrogen and oxygen atoms in total. The average Bonchev–Trinajstić information content (AvgIpc) is 2.63. The number of rotatable bonds is 5. The van der Waals surface area contributed by atoms with Crippen LogP contribution in [0.5, 0.6) is 0 Å². The van der Waals surface area contributed by atoms with Crippen LogP contribution in [0.25, 0.3) is 0 Å². The number of carbonyl (C=O) groups is 2. The van der Waals surface area contributed by atoms with Crippen LogP contribution in [0.1, 0.15) is 43.7 Å². The first-order valence-electron chi connectivity index (χ1n) is 7.74. The summed E-state index contributed by atoms with van der Waals surface area (Å²) in [5.74, 6) is -1.74. The van der Waals surface area contributed by atoms with Crippen LogP contribution < -0.4 is 5.32 Å². The fourth-order valence-corrected chi connectivity index (χ4v) is 2.72. The largest absolute Gasteiger partial charge is 0.481 e. The number of carboxylic acid groups (broad SMARTS) is 2. The molecule has 0 aliphatic carbocycles. The Hall–Kier alpha value is -1.59. The van der Waals surface area contributed by atoms with E-state index in [1.54, 1.807) is 0 Å². The van der Waals surface area contributed by atoms with E-state index in [1.807, 2.05) is 0 Å². The molecule has 128 valence electrons. The first kappa shape index (κ1) is 19.5. The number of hydrogen-bond acceptors (Lipinski definition) is 3. The standard InChI is InChI=1S/C11H14ClN.C6H10O4/c1-11(12)8-13-7-6-9-4-2-3-5-10(9)11;7-5(8)3-1-2-4-6(9)10/h2-5,13H,6-8H2,1H3;1-4H2,(H,7,8)(H,9,10). The van der Waals surface area contributed by atoms with Crippen molar-refractivity contribution in [3.8, 4) is 0 Å². The number of unbranched alkanes of at least 4 members (excludes halogenated alkanes) is 1. The lowest BCUT2D eigenvalue weighted by Gasteiger charge is -2.22. The van der Waals surface area contributed by atoms with Crippen molar-refractivity contribution in [2.24, 2.45) is 0 Å². The Balaban J connectivity index is 0.000000241. The smallest absolute Gasteiger partial charge is 0.303 e. The van der Waals surface area contributed by atoms with Crippen LogP contribution in [0.4, 0.5) is 0 Å². The van der Waals surface area contributed by atoms with Crippen molar-refractivity contribution in [3.63, 3.8) is 0 Å². The molecule has 1 unspecified atom stereocenters. The first-order valence-corrected chi connectivity index (χ1v) is 8.12. The van der Waals surface area contributed by atoms with Crippen molar-refractivity contribution < 1.29 is 19.8 Å². The summed E-state index contributed by atoms with van der Waals surface area (Å²) in [6.45, 7) is 3.95. The molecule has 1 aromatic carbocycles. The maximum absolute atomic E-state index is 9.90. The van der Waals surface area contributed by atoms with Crippen molar-refractivity contribution in [3.05, 3.63) is 35.4 Å². The van der Waals surface area contributed by atoms with Crippen LogP contribution in [-0.2, 0) is 20.9 Å². The second-order valence-electron chi connectivity index (χ2n) is 5.78. The van der Waals surface area contributed by atoms with E-state index in [4.69, 9.17) is 21.8 Å². The van der Waals surface area contributed by atoms with Crippen molar-refractivity contribution >= 4 is 23.5 Å². The fraction of sp³-hybridized carbons (Fsp3) is 0.529. The number of carboxylic acids is 2. The third kappa shape index (κ3) is 7.48. The molecule has 0 aromatic heterocycles. The molecule has 2 rings (SSSR count). The monoisotopic (exact) mass is 341 g/mol. The Morgan fingerprint density at radius 2 is 1.74 bits per heavy atom. The molecule has 1 atom stereocenters. The molecule has 6 heteroatoms. The van der Waals surface area contributed by atoms with Crippen LogP contribution in [0.3, 0.4) is 0 Å². The van der Waals surface area contributed by atoms with Gasteiger partial charge in [0, 0.05) is 19.4 Å². The third-order valence-electron chi connectivity index (χ3n) is 3.64. The minimum atomic E-state index is -0.870. The quantitative estimate of drug-likeness (QED) is 0.566. The predicted octanol–water partition coefficient (Wildman–Crippen LogP) is 3.00. The maximum Gasteiger partial charge on any atom is 0.303 e. The average molecular weight is 342 g/mol. The molecule has 3 N–H and O–H groups in total. The van der Waals surface area contributed by atoms with Gasteiger partial charge in [0.2, 0.25) is 0 Å². The summed E-state index contributed by atoms with van der Waals surface area (Å²) in [4.78, 5) is 19.6. The van der Waals surface area contributed by atoms with Gasteiger partial charge in [-0.2, -0.15) is 0 Å². The normalized spacial score (nSPS) is 19.7. The molecule has 1 aliphatic rings. The zero-order valence-corrected chi connectivity index (χ0v) is 14.1. The molecule has 1 aromatic rings. The van der Waals surface area contributed by atoms with Gasteiger partial charge in [-0.15, -0.1) is 11.6 Å². The fourth-order valence-electron chi connectivity index (χ4n) is 2.44. The van der Waals surface area contributed by atoms with Gasteiger partial charge in [-0.05, 0) is 43.9 Å². The van der Waals surface area contributed by atoms with Gasteiger partial charge < -0.3 is 15.5 Å². The Bertz CT molecular complexity index is 515. The van der Waals surface area contributed by atoms with E-state index in [-0.39, 0.29) is 17.7 Å². The number of nitrogens with one attached hydrogen (secondary N) is 1. The Kier molecular flexibility index (Phi) is 8.06. The van der Waals surface area contributed by atoms with Gasteiger partial charge in [-0.1, -0.05) is 24.3 Å². The summed E-state index contributed by atoms with van der Waals surface area (Å²) in [7, 11) is 0. The summed E-state index contributed by atoms with van der Waals surface area (Å²) in [5.41, 5.74) is 2.66. The molecule has 23 heavy (non-hydrogen) atoms. The lowest BCUT2D eigenvalue weighted by Crippen LogP contribution is -2.29. The lowest BCUT2D eigenvalue weighted by atomic mass is 9.95. The van der Waals surface area contributed by atoms with E-state index in [0.717, 1.165) is 19.5 Å². The summed E-state index contributed by atoms with van der Waals surface area (Å²) in [6.07, 6.45) is 2.10. The van der Waals surface area contributed by atoms with Gasteiger partial charge in [0.1, 0.15) is 0 Å². The minimum absolute atomic E-state index is 0.0628. The highest BCUT2D eigenvalue weighted by Gasteiger charge is 2.27. The Morgan fingerprint density at radius 1 is 1.17 bits per heavy atom. The van der Waals surface area contributed by atoms with Crippen LogP contribution in [0.15, 0.2) is 24.3 Å². The minimum Gasteiger partial charge on any atom is -0.481 e. The third-order valence-corrected chi connectivity index (χ3v) is 3.98. The Labute approximate surface area is 141 Å². The van der Waals surface area contributed by atoms with Gasteiger partial charge in [-0.3, -0.25) is 9.59 Å². The highest BCUT2D eigenvalue weighted by Crippen LogP contribution is 2.32. The summed E-state index contributed by atoms with van der Waals surface area (Å²) in [5, 5.41) is 19.6. The molecule has 0 saturated carbocycles. The highest BCUT2D eigenvalue weighted by molar-refractivity contribution is 6.24. The van der Waals surface area contributed by atoms with E-state index in [2.05, 4.69) is 36.5 Å². The van der Waals surface area contributed by atoms with Crippen molar-refractivity contribution in [2.75, 3.05) is 13.1 Å². The SMILES string of the molecule is CC1(Cl)CNCCc2ccccc21.O=C(O)CCCCC(=O)O. The maximum atomic E-state index is 9.90. The number of aliphatic carboxylic acids is 2. The molecule has 1 heterocycles. The van der Waals surface area contributed by atoms with E-state index >= 15 is 0 Å². The van der Waals surface area contributed by atoms with Gasteiger partial charge in [0.05, 0.1) is 4.87 Å². The molecule has 0 radical (unpaired) electrons. The first-order chi connectivity index (χ1) is 10.8. The van der Waals surface area contributed by atoms with Crippen LogP contribution in [-0.4, -0.2) is 35.2 Å². The summed E-state index contributed by atoms with van der Waals surface area (Å²) < 4.78 is 0. The second kappa shape index (κ2) is 9.53. The zero-order chi connectivity index (χ0) is 17.3. The number of benzene rings is 1. The van der Waals surface area contributed by atoms with Crippen molar-refractivity contribution in [1.29, 1.82) is 0 Å². The molecule has 0 amide bonds. The topological polar surface area (TPSA) is 86.6 Å². The molecular weight excluding hydrogens is 318 g/mol. The van der Waals surface area contributed by atoms with Crippen molar-refractivity contribution in [2.45, 2.75) is 43.9 Å². The molecular formula is C17H24ClNO4. The van der Waals surface area contributed by atoms with Gasteiger partial charge in [-0.25, -0.2) is 0 Å². The summed E-state index contributed by atoms with van der Waals surface area (Å²) in [6, 6.07) is 8.44. The second-order valence-corrected chi connectivity index (χ2v) is 6.61. The number of fused-ring (bicyclic) bond motifs is 1. The molecule has 0 bridgehead atoms. The van der Waals surface area contributed by atoms with Gasteiger partial charge in [0.15, 0.2) is 0 Å². The van der Waals surface area contributed by atoms with Crippen LogP contribution in [0, 0.1) is 0 Å². The number of alkyl halides is 1. The molecule has 0 fully saturated rings. The van der Waals surface area contributed by atoms with E-state index in [0.29, 0.717) is 12.8 Å². The predicted molar refractivity (Wildman–Crippen MR) is 90.0 cm³/mol. The summed E-state index contributed by atoms with van der Waals surface area (Å²) >= 11 is 6.44. The van der Waals surface area contributed by atoms with E-state index in [9.17, 15) is 9.59 Å². The number of hydrogen-bond donors (Lipinski definition) is 3. The molecule has 0 spiro atoms. The van der Waals surface area contributed by atoms with Gasteiger partial charge in [0.25, 0.3) is 0 Å². The van der Waals surface area contributed by atoms with Crippen LogP contribution >= 0.6 is 11.6 Å². The molecule has 0 saturated heterocycles. The highest BCUT2D eigenvalue weighted by atomic mass is 35.5. The van der Waals surface area contributed by atoms with E-state index < -0.39 is 11.9 Å². The van der Waals surface area contributed by atoms with Crippen molar-refractivity contribution in [1.82, 2.24) is 5.32 Å². The molecule has 1 aliphatic heterocycles. The Morgan fingerprint density at radius 3 is 2.30 bits per heavy atom. The van der Waals surface area contributed by atoms with E-state index in [1.165, 1.54) is 11.1 Å².